The molecule has 0 fully saturated rings. The van der Waals surface area contributed by atoms with Crippen LogP contribution in [0.25, 0.3) is 0 Å². The largest absolute Gasteiger partial charge is 0.480 e. The van der Waals surface area contributed by atoms with Crippen LogP contribution >= 0.6 is 0 Å². The first-order valence-corrected chi connectivity index (χ1v) is 10.9. The molecule has 1 aromatic heterocycles. The Kier molecular flexibility index (Phi) is 9.41. The van der Waals surface area contributed by atoms with E-state index in [4.69, 9.17) is 4.74 Å². The maximum absolute atomic E-state index is 12.5. The Bertz CT molecular complexity index is 906. The van der Waals surface area contributed by atoms with Crippen LogP contribution in [0.1, 0.15) is 68.3 Å². The normalized spacial score (nSPS) is 13.1. The van der Waals surface area contributed by atoms with Gasteiger partial charge in [0.1, 0.15) is 17.5 Å². The molecule has 0 spiro atoms. The minimum Gasteiger partial charge on any atom is -0.480 e. The van der Waals surface area contributed by atoms with Gasteiger partial charge in [-0.2, -0.15) is 0 Å². The van der Waals surface area contributed by atoms with Crippen LogP contribution in [0.15, 0.2) is 36.7 Å². The smallest absolute Gasteiger partial charge is 0.407 e. The van der Waals surface area contributed by atoms with Crippen molar-refractivity contribution < 1.29 is 24.2 Å². The second kappa shape index (κ2) is 12.0. The van der Waals surface area contributed by atoms with Gasteiger partial charge in [0.15, 0.2) is 0 Å². The summed E-state index contributed by atoms with van der Waals surface area (Å²) < 4.78 is 5.18. The summed E-state index contributed by atoms with van der Waals surface area (Å²) in [6, 6.07) is 5.59. The number of ether oxygens (including phenoxy) is 1. The van der Waals surface area contributed by atoms with Gasteiger partial charge < -0.3 is 30.8 Å². The average Bonchev–Trinajstić information content (AvgIpc) is 3.28. The number of hydrogen-bond acceptors (Lipinski definition) is 6. The van der Waals surface area contributed by atoms with Crippen LogP contribution < -0.4 is 16.0 Å². The molecule has 0 bridgehead atoms. The van der Waals surface area contributed by atoms with E-state index in [2.05, 4.69) is 25.9 Å². The Labute approximate surface area is 193 Å². The minimum absolute atomic E-state index is 0.0150. The lowest BCUT2D eigenvalue weighted by Gasteiger charge is -2.19. The van der Waals surface area contributed by atoms with Crippen LogP contribution in [-0.4, -0.2) is 51.2 Å². The molecule has 0 aliphatic rings. The molecule has 10 heteroatoms. The molecule has 0 saturated heterocycles. The van der Waals surface area contributed by atoms with Crippen LogP contribution in [0.3, 0.4) is 0 Å². The van der Waals surface area contributed by atoms with Crippen molar-refractivity contribution in [1.82, 2.24) is 25.9 Å². The number of imidazole rings is 1. The molecule has 2 atom stereocenters. The van der Waals surface area contributed by atoms with E-state index in [1.54, 1.807) is 57.4 Å². The van der Waals surface area contributed by atoms with Gasteiger partial charge in [0.2, 0.25) is 0 Å². The number of aromatic nitrogens is 2. The van der Waals surface area contributed by atoms with Gasteiger partial charge in [0, 0.05) is 24.5 Å². The number of aliphatic carboxylic acids is 1. The highest BCUT2D eigenvalue weighted by atomic mass is 16.6. The van der Waals surface area contributed by atoms with E-state index in [9.17, 15) is 19.5 Å². The number of carboxylic acid groups (broad SMARTS) is 1. The predicted octanol–water partition coefficient (Wildman–Crippen LogP) is 2.75. The van der Waals surface area contributed by atoms with E-state index in [0.717, 1.165) is 11.4 Å². The Hall–Kier alpha value is -3.40. The number of carboxylic acids is 1. The predicted molar refractivity (Wildman–Crippen MR) is 123 cm³/mol. The fourth-order valence-corrected chi connectivity index (χ4v) is 3.00. The summed E-state index contributed by atoms with van der Waals surface area (Å²) in [5.41, 5.74) is 0.538. The summed E-state index contributed by atoms with van der Waals surface area (Å²) in [6.45, 7) is 8.13. The molecule has 0 aliphatic carbocycles. The minimum atomic E-state index is -1.08. The van der Waals surface area contributed by atoms with Crippen molar-refractivity contribution in [3.8, 4) is 0 Å². The van der Waals surface area contributed by atoms with Crippen molar-refractivity contribution in [3.63, 3.8) is 0 Å². The highest BCUT2D eigenvalue weighted by Gasteiger charge is 2.21. The van der Waals surface area contributed by atoms with Gasteiger partial charge in [-0.3, -0.25) is 4.79 Å². The van der Waals surface area contributed by atoms with Gasteiger partial charge in [0.25, 0.3) is 5.91 Å². The molecule has 0 aliphatic heterocycles. The number of rotatable bonds is 11. The number of amides is 2. The SMILES string of the molecule is CC(NCCC[C@H](NC(=O)c1ccc(CNC(=O)OC(C)(C)C)cc1)C(=O)O)c1ncc[nH]1. The lowest BCUT2D eigenvalue weighted by Crippen LogP contribution is -2.41. The topological polar surface area (TPSA) is 145 Å². The van der Waals surface area contributed by atoms with Crippen molar-refractivity contribution in [2.45, 2.75) is 64.8 Å². The van der Waals surface area contributed by atoms with Gasteiger partial charge in [-0.15, -0.1) is 0 Å². The fraction of sp³-hybridized carbons (Fsp3) is 0.478. The summed E-state index contributed by atoms with van der Waals surface area (Å²) in [5.74, 6) is -0.741. The first kappa shape index (κ1) is 25.9. The molecule has 0 saturated carbocycles. The van der Waals surface area contributed by atoms with Crippen molar-refractivity contribution >= 4 is 18.0 Å². The molecule has 5 N–H and O–H groups in total. The number of H-pyrrole nitrogens is 1. The Balaban J connectivity index is 1.79. The molecule has 2 rings (SSSR count). The molecular weight excluding hydrogens is 426 g/mol. The summed E-state index contributed by atoms with van der Waals surface area (Å²) in [5, 5.41) is 18.0. The van der Waals surface area contributed by atoms with Gasteiger partial charge >= 0.3 is 12.1 Å². The average molecular weight is 460 g/mol. The van der Waals surface area contributed by atoms with Crippen molar-refractivity contribution in [2.24, 2.45) is 0 Å². The summed E-state index contributed by atoms with van der Waals surface area (Å²) in [7, 11) is 0. The third-order valence-electron chi connectivity index (χ3n) is 4.70. The van der Waals surface area contributed by atoms with Crippen LogP contribution in [0.4, 0.5) is 4.79 Å². The van der Waals surface area contributed by atoms with Gasteiger partial charge in [0.05, 0.1) is 6.04 Å². The fourth-order valence-electron chi connectivity index (χ4n) is 3.00. The Morgan fingerprint density at radius 1 is 1.18 bits per heavy atom. The van der Waals surface area contributed by atoms with Crippen LogP contribution in [-0.2, 0) is 16.1 Å². The van der Waals surface area contributed by atoms with Crippen LogP contribution in [0.5, 0.6) is 0 Å². The van der Waals surface area contributed by atoms with E-state index in [1.807, 2.05) is 6.92 Å². The van der Waals surface area contributed by atoms with E-state index >= 15 is 0 Å². The molecule has 2 aromatic rings. The number of alkyl carbamates (subject to hydrolysis) is 1. The number of carbonyl (C=O) groups excluding carboxylic acids is 2. The first-order valence-electron chi connectivity index (χ1n) is 10.9. The van der Waals surface area contributed by atoms with Crippen LogP contribution in [0, 0.1) is 0 Å². The standard InChI is InChI=1S/C23H33N5O5/c1-15(19-25-12-13-26-19)24-11-5-6-18(21(30)31)28-20(29)17-9-7-16(8-10-17)14-27-22(32)33-23(2,3)4/h7-10,12-13,15,18,24H,5-6,11,14H2,1-4H3,(H,25,26)(H,27,32)(H,28,29)(H,30,31)/t15?,18-/m0/s1. The number of nitrogens with zero attached hydrogens (tertiary/aromatic N) is 1. The number of hydrogen-bond donors (Lipinski definition) is 5. The highest BCUT2D eigenvalue weighted by molar-refractivity contribution is 5.96. The molecule has 10 nitrogen and oxygen atoms in total. The van der Waals surface area contributed by atoms with Gasteiger partial charge in [-0.05, 0) is 64.8 Å². The zero-order valence-electron chi connectivity index (χ0n) is 19.5. The maximum atomic E-state index is 12.5. The lowest BCUT2D eigenvalue weighted by atomic mass is 10.1. The molecule has 2 amide bonds. The van der Waals surface area contributed by atoms with E-state index in [1.165, 1.54) is 0 Å². The molecule has 180 valence electrons. The quantitative estimate of drug-likeness (QED) is 0.325. The third kappa shape index (κ3) is 9.32. The zero-order valence-corrected chi connectivity index (χ0v) is 19.5. The number of carbonyl (C=O) groups is 3. The second-order valence-corrected chi connectivity index (χ2v) is 8.71. The third-order valence-corrected chi connectivity index (χ3v) is 4.70. The first-order chi connectivity index (χ1) is 15.5. The molecule has 1 unspecified atom stereocenters. The molecule has 1 aromatic carbocycles. The summed E-state index contributed by atoms with van der Waals surface area (Å²) in [6.07, 6.45) is 3.75. The van der Waals surface area contributed by atoms with Crippen molar-refractivity contribution in [3.05, 3.63) is 53.6 Å². The molecule has 1 heterocycles. The number of benzene rings is 1. The Morgan fingerprint density at radius 3 is 2.45 bits per heavy atom. The lowest BCUT2D eigenvalue weighted by molar-refractivity contribution is -0.139. The summed E-state index contributed by atoms with van der Waals surface area (Å²) >= 11 is 0. The highest BCUT2D eigenvalue weighted by Crippen LogP contribution is 2.09. The monoisotopic (exact) mass is 459 g/mol. The molecule has 33 heavy (non-hydrogen) atoms. The zero-order chi connectivity index (χ0) is 24.4. The van der Waals surface area contributed by atoms with Gasteiger partial charge in [-0.1, -0.05) is 12.1 Å². The Morgan fingerprint density at radius 2 is 1.88 bits per heavy atom. The number of nitrogens with one attached hydrogen (secondary N) is 4. The molecule has 0 radical (unpaired) electrons. The maximum Gasteiger partial charge on any atom is 0.407 e. The van der Waals surface area contributed by atoms with E-state index in [0.29, 0.717) is 18.5 Å². The van der Waals surface area contributed by atoms with Crippen molar-refractivity contribution in [2.75, 3.05) is 6.54 Å². The van der Waals surface area contributed by atoms with Crippen LogP contribution in [0.2, 0.25) is 0 Å². The van der Waals surface area contributed by atoms with E-state index in [-0.39, 0.29) is 19.0 Å². The van der Waals surface area contributed by atoms with Crippen molar-refractivity contribution in [1.29, 1.82) is 0 Å². The molecular formula is C23H33N5O5. The number of aromatic amines is 1. The van der Waals surface area contributed by atoms with Gasteiger partial charge in [-0.25, -0.2) is 14.6 Å². The second-order valence-electron chi connectivity index (χ2n) is 8.71. The summed E-state index contributed by atoms with van der Waals surface area (Å²) in [4.78, 5) is 43.0. The van der Waals surface area contributed by atoms with E-state index < -0.39 is 29.6 Å².